The summed E-state index contributed by atoms with van der Waals surface area (Å²) in [5, 5.41) is 7.19. The molecule has 0 aliphatic heterocycles. The van der Waals surface area contributed by atoms with Gasteiger partial charge in [-0.25, -0.2) is 27.6 Å². The Kier molecular flexibility index (Phi) is 3.91. The van der Waals surface area contributed by atoms with E-state index in [-0.39, 0.29) is 5.69 Å². The third kappa shape index (κ3) is 2.92. The Morgan fingerprint density at radius 1 is 1.22 bits per heavy atom. The van der Waals surface area contributed by atoms with Crippen molar-refractivity contribution in [3.8, 4) is 0 Å². The molecular formula is C18H13F2N5O2. The normalized spacial score (nSPS) is 11.2. The number of fused-ring (bicyclic) bond motifs is 3. The highest BCUT2D eigenvalue weighted by Gasteiger charge is 2.15. The van der Waals surface area contributed by atoms with E-state index in [0.29, 0.717) is 22.6 Å². The van der Waals surface area contributed by atoms with E-state index in [1.165, 1.54) is 10.7 Å². The minimum absolute atomic E-state index is 0.180. The fourth-order valence-corrected chi connectivity index (χ4v) is 2.85. The van der Waals surface area contributed by atoms with Crippen LogP contribution in [0.15, 0.2) is 47.5 Å². The Balaban J connectivity index is 1.68. The van der Waals surface area contributed by atoms with Gasteiger partial charge in [-0.15, -0.1) is 5.10 Å². The third-order valence-electron chi connectivity index (χ3n) is 4.15. The summed E-state index contributed by atoms with van der Waals surface area (Å²) in [6.45, 7) is 1.47. The highest BCUT2D eigenvalue weighted by Crippen LogP contribution is 2.18. The molecule has 136 valence electrons. The molecule has 4 rings (SSSR count). The average Bonchev–Trinajstić information content (AvgIpc) is 2.94. The average molecular weight is 369 g/mol. The Bertz CT molecular complexity index is 1260. The van der Waals surface area contributed by atoms with Gasteiger partial charge in [0.1, 0.15) is 24.5 Å². The molecular weight excluding hydrogens is 356 g/mol. The number of benzene rings is 2. The molecule has 0 fully saturated rings. The van der Waals surface area contributed by atoms with Crippen molar-refractivity contribution >= 4 is 28.1 Å². The molecule has 0 saturated carbocycles. The largest absolute Gasteiger partial charge is 0.352 e. The topological polar surface area (TPSA) is 81.3 Å². The van der Waals surface area contributed by atoms with Gasteiger partial charge in [0, 0.05) is 11.5 Å². The van der Waals surface area contributed by atoms with Crippen molar-refractivity contribution in [2.75, 3.05) is 5.32 Å². The van der Waals surface area contributed by atoms with Crippen LogP contribution in [0.2, 0.25) is 0 Å². The first-order valence-corrected chi connectivity index (χ1v) is 8.02. The molecule has 0 radical (unpaired) electrons. The van der Waals surface area contributed by atoms with Gasteiger partial charge < -0.3 is 5.32 Å². The third-order valence-corrected chi connectivity index (χ3v) is 4.15. The molecule has 0 atom stereocenters. The molecule has 2 heterocycles. The predicted molar refractivity (Wildman–Crippen MR) is 94.5 cm³/mol. The summed E-state index contributed by atoms with van der Waals surface area (Å²) >= 11 is 0. The molecule has 0 aliphatic rings. The van der Waals surface area contributed by atoms with Gasteiger partial charge >= 0.3 is 5.69 Å². The molecule has 0 bridgehead atoms. The number of aromatic nitrogens is 4. The summed E-state index contributed by atoms with van der Waals surface area (Å²) in [7, 11) is 0. The standard InChI is InChI=1S/C18H13F2N5O2/c1-10-3-2-4-12-16(10)21-9-24-17(12)23-25(18(24)27)8-15(26)22-14-6-5-11(19)7-13(14)20/h2-7,9H,8H2,1H3,(H,22,26). The maximum absolute atomic E-state index is 13.7. The summed E-state index contributed by atoms with van der Waals surface area (Å²) < 4.78 is 28.8. The van der Waals surface area contributed by atoms with E-state index >= 15 is 0 Å². The van der Waals surface area contributed by atoms with Gasteiger partial charge in [0.05, 0.1) is 11.2 Å². The van der Waals surface area contributed by atoms with Crippen LogP contribution >= 0.6 is 0 Å². The second-order valence-electron chi connectivity index (χ2n) is 6.02. The molecule has 0 aliphatic carbocycles. The monoisotopic (exact) mass is 369 g/mol. The van der Waals surface area contributed by atoms with Gasteiger partial charge in [-0.1, -0.05) is 12.1 Å². The molecule has 27 heavy (non-hydrogen) atoms. The van der Waals surface area contributed by atoms with Gasteiger partial charge in [0.15, 0.2) is 5.65 Å². The number of nitrogens with one attached hydrogen (secondary N) is 1. The number of anilines is 1. The summed E-state index contributed by atoms with van der Waals surface area (Å²) in [5.41, 5.74) is 1.28. The minimum atomic E-state index is -0.906. The number of rotatable bonds is 3. The van der Waals surface area contributed by atoms with Crippen LogP contribution in [0.1, 0.15) is 5.56 Å². The predicted octanol–water partition coefficient (Wildman–Crippen LogP) is 2.27. The number of carbonyl (C=O) groups is 1. The van der Waals surface area contributed by atoms with Gasteiger partial charge in [0.25, 0.3) is 0 Å². The van der Waals surface area contributed by atoms with Crippen molar-refractivity contribution < 1.29 is 13.6 Å². The lowest BCUT2D eigenvalue weighted by molar-refractivity contribution is -0.117. The molecule has 2 aromatic heterocycles. The maximum Gasteiger partial charge on any atom is 0.352 e. The smallest absolute Gasteiger partial charge is 0.322 e. The van der Waals surface area contributed by atoms with Crippen LogP contribution in [0.3, 0.4) is 0 Å². The summed E-state index contributed by atoms with van der Waals surface area (Å²) in [6.07, 6.45) is 1.36. The Morgan fingerprint density at radius 3 is 2.81 bits per heavy atom. The van der Waals surface area contributed by atoms with Crippen LogP contribution in [0.25, 0.3) is 16.6 Å². The molecule has 4 aromatic rings. The van der Waals surface area contributed by atoms with Crippen molar-refractivity contribution in [2.45, 2.75) is 13.5 Å². The summed E-state index contributed by atoms with van der Waals surface area (Å²) in [5.74, 6) is -2.33. The van der Waals surface area contributed by atoms with Crippen LogP contribution in [0, 0.1) is 18.6 Å². The number of carbonyl (C=O) groups excluding carboxylic acids is 1. The first kappa shape index (κ1) is 16.8. The van der Waals surface area contributed by atoms with Gasteiger partial charge in [-0.3, -0.25) is 4.79 Å². The van der Waals surface area contributed by atoms with Crippen molar-refractivity contribution in [2.24, 2.45) is 0 Å². The Morgan fingerprint density at radius 2 is 2.04 bits per heavy atom. The fraction of sp³-hybridized carbons (Fsp3) is 0.111. The first-order chi connectivity index (χ1) is 12.9. The van der Waals surface area contributed by atoms with Crippen LogP contribution < -0.4 is 11.0 Å². The van der Waals surface area contributed by atoms with E-state index in [1.54, 1.807) is 6.07 Å². The van der Waals surface area contributed by atoms with Gasteiger partial charge in [0.2, 0.25) is 5.91 Å². The number of hydrogen-bond donors (Lipinski definition) is 1. The van der Waals surface area contributed by atoms with E-state index < -0.39 is 29.8 Å². The summed E-state index contributed by atoms with van der Waals surface area (Å²) in [4.78, 5) is 28.9. The second-order valence-corrected chi connectivity index (χ2v) is 6.02. The first-order valence-electron chi connectivity index (χ1n) is 8.02. The van der Waals surface area contributed by atoms with E-state index in [1.807, 2.05) is 19.1 Å². The lowest BCUT2D eigenvalue weighted by atomic mass is 10.1. The lowest BCUT2D eigenvalue weighted by Crippen LogP contribution is -2.28. The maximum atomic E-state index is 13.7. The molecule has 1 N–H and O–H groups in total. The second kappa shape index (κ2) is 6.27. The van der Waals surface area contributed by atoms with Crippen LogP contribution in [-0.2, 0) is 11.3 Å². The molecule has 0 saturated heterocycles. The zero-order valence-corrected chi connectivity index (χ0v) is 14.1. The zero-order chi connectivity index (χ0) is 19.1. The number of aryl methyl sites for hydroxylation is 1. The molecule has 0 spiro atoms. The van der Waals surface area contributed by atoms with Crippen LogP contribution in [0.5, 0.6) is 0 Å². The van der Waals surface area contributed by atoms with Gasteiger partial charge in [-0.2, -0.15) is 0 Å². The number of nitrogens with zero attached hydrogens (tertiary/aromatic N) is 4. The van der Waals surface area contributed by atoms with E-state index in [2.05, 4.69) is 15.4 Å². The van der Waals surface area contributed by atoms with Gasteiger partial charge in [-0.05, 0) is 30.7 Å². The van der Waals surface area contributed by atoms with E-state index in [4.69, 9.17) is 0 Å². The quantitative estimate of drug-likeness (QED) is 0.601. The van der Waals surface area contributed by atoms with Crippen molar-refractivity contribution in [3.63, 3.8) is 0 Å². The number of amides is 1. The highest BCUT2D eigenvalue weighted by molar-refractivity contribution is 5.93. The van der Waals surface area contributed by atoms with Crippen molar-refractivity contribution in [3.05, 3.63) is 70.4 Å². The van der Waals surface area contributed by atoms with Crippen LogP contribution in [-0.4, -0.2) is 25.1 Å². The number of para-hydroxylation sites is 1. The zero-order valence-electron chi connectivity index (χ0n) is 14.1. The van der Waals surface area contributed by atoms with E-state index in [0.717, 1.165) is 22.4 Å². The highest BCUT2D eigenvalue weighted by atomic mass is 19.1. The number of hydrogen-bond acceptors (Lipinski definition) is 4. The van der Waals surface area contributed by atoms with Crippen LogP contribution in [0.4, 0.5) is 14.5 Å². The van der Waals surface area contributed by atoms with E-state index in [9.17, 15) is 18.4 Å². The molecule has 2 aromatic carbocycles. The molecule has 9 heteroatoms. The fourth-order valence-electron chi connectivity index (χ4n) is 2.85. The Labute approximate surface area is 150 Å². The molecule has 0 unspecified atom stereocenters. The molecule has 7 nitrogen and oxygen atoms in total. The SMILES string of the molecule is Cc1cccc2c1ncn1c(=O)n(CC(=O)Nc3ccc(F)cc3F)nc21. The lowest BCUT2D eigenvalue weighted by Gasteiger charge is -2.05. The summed E-state index contributed by atoms with van der Waals surface area (Å²) in [6, 6.07) is 8.30. The van der Waals surface area contributed by atoms with Crippen molar-refractivity contribution in [1.29, 1.82) is 0 Å². The Hall–Kier alpha value is -3.62. The number of halogens is 2. The van der Waals surface area contributed by atoms with Crippen molar-refractivity contribution in [1.82, 2.24) is 19.2 Å². The molecule has 1 amide bonds. The minimum Gasteiger partial charge on any atom is -0.322 e.